The lowest BCUT2D eigenvalue weighted by molar-refractivity contribution is -0.385. The van der Waals surface area contributed by atoms with Crippen LogP contribution in [0.25, 0.3) is 0 Å². The molecule has 0 aliphatic heterocycles. The van der Waals surface area contributed by atoms with Crippen LogP contribution in [0.4, 0.5) is 18.9 Å². The number of para-hydroxylation sites is 1. The number of carbonyl (C=O) groups excluding carboxylic acids is 1. The normalized spacial score (nSPS) is 11.5. The molecule has 1 aromatic heterocycles. The van der Waals surface area contributed by atoms with Gasteiger partial charge in [-0.3, -0.25) is 14.9 Å². The smallest absolute Gasteiger partial charge is 0.406 e. The molecule has 0 aliphatic rings. The van der Waals surface area contributed by atoms with Crippen molar-refractivity contribution in [3.63, 3.8) is 0 Å². The molecule has 0 atom stereocenters. The van der Waals surface area contributed by atoms with Crippen LogP contribution in [0.1, 0.15) is 27.4 Å². The van der Waals surface area contributed by atoms with Gasteiger partial charge in [-0.05, 0) is 29.8 Å². The predicted molar refractivity (Wildman–Crippen MR) is 89.8 cm³/mol. The van der Waals surface area contributed by atoms with Crippen molar-refractivity contribution >= 4 is 27.5 Å². The van der Waals surface area contributed by atoms with Gasteiger partial charge in [0.2, 0.25) is 0 Å². The van der Waals surface area contributed by atoms with Crippen LogP contribution in [0, 0.1) is 24.0 Å². The zero-order chi connectivity index (χ0) is 19.6. The summed E-state index contributed by atoms with van der Waals surface area (Å²) in [7, 11) is 0. The van der Waals surface area contributed by atoms with Crippen LogP contribution in [-0.4, -0.2) is 28.5 Å². The highest BCUT2D eigenvalue weighted by Gasteiger charge is 2.36. The molecule has 0 N–H and O–H groups in total. The van der Waals surface area contributed by atoms with Gasteiger partial charge in [-0.25, -0.2) is 0 Å². The maximum absolute atomic E-state index is 13.0. The first kappa shape index (κ1) is 20.0. The van der Waals surface area contributed by atoms with E-state index in [0.717, 1.165) is 0 Å². The second-order valence-corrected chi connectivity index (χ2v) is 6.36. The first-order chi connectivity index (χ1) is 12.0. The number of halogens is 4. The third kappa shape index (κ3) is 4.43. The van der Waals surface area contributed by atoms with Crippen LogP contribution >= 0.6 is 15.9 Å². The first-order valence-corrected chi connectivity index (χ1v) is 8.14. The number of alkyl halides is 3. The number of furan rings is 1. The Balaban J connectivity index is 2.45. The molecule has 0 spiro atoms. The summed E-state index contributed by atoms with van der Waals surface area (Å²) >= 11 is 3.14. The number of carbonyl (C=O) groups is 1. The summed E-state index contributed by atoms with van der Waals surface area (Å²) in [5.41, 5.74) is -0.388. The fourth-order valence-corrected chi connectivity index (χ4v) is 3.03. The number of aryl methyl sites for hydroxylation is 2. The highest BCUT2D eigenvalue weighted by Crippen LogP contribution is 2.31. The van der Waals surface area contributed by atoms with Gasteiger partial charge in [0.05, 0.1) is 21.5 Å². The van der Waals surface area contributed by atoms with Gasteiger partial charge in [0.25, 0.3) is 11.6 Å². The standard InChI is InChI=1S/C16H14BrF3N2O4/c1-9-13(14(17)10(2)26-9)15(23)21(8-16(18,19)20)7-11-5-3-4-6-12(11)22(24)25/h3-6H,7-8H2,1-2H3. The predicted octanol–water partition coefficient (Wildman–Crippen LogP) is 4.77. The monoisotopic (exact) mass is 434 g/mol. The maximum Gasteiger partial charge on any atom is 0.406 e. The van der Waals surface area contributed by atoms with Gasteiger partial charge >= 0.3 is 6.18 Å². The van der Waals surface area contributed by atoms with Crippen LogP contribution in [0.2, 0.25) is 0 Å². The maximum atomic E-state index is 13.0. The Morgan fingerprint density at radius 3 is 2.38 bits per heavy atom. The molecular formula is C16H14BrF3N2O4. The van der Waals surface area contributed by atoms with Gasteiger partial charge in [0.15, 0.2) is 0 Å². The van der Waals surface area contributed by atoms with Gasteiger partial charge in [-0.15, -0.1) is 0 Å². The van der Waals surface area contributed by atoms with E-state index in [1.54, 1.807) is 6.92 Å². The minimum absolute atomic E-state index is 0.00379. The first-order valence-electron chi connectivity index (χ1n) is 7.35. The molecule has 140 valence electrons. The van der Waals surface area contributed by atoms with Crippen molar-refractivity contribution in [1.82, 2.24) is 4.90 Å². The van der Waals surface area contributed by atoms with Crippen LogP contribution < -0.4 is 0 Å². The molecule has 1 heterocycles. The van der Waals surface area contributed by atoms with Crippen molar-refractivity contribution < 1.29 is 27.3 Å². The molecule has 0 bridgehead atoms. The number of rotatable bonds is 5. The minimum Gasteiger partial charge on any atom is -0.465 e. The summed E-state index contributed by atoms with van der Waals surface area (Å²) in [6, 6.07) is 5.35. The van der Waals surface area contributed by atoms with Crippen molar-refractivity contribution in [3.05, 3.63) is 61.5 Å². The third-order valence-electron chi connectivity index (χ3n) is 3.61. The van der Waals surface area contributed by atoms with Crippen LogP contribution in [0.3, 0.4) is 0 Å². The second kappa shape index (κ2) is 7.48. The second-order valence-electron chi connectivity index (χ2n) is 5.57. The highest BCUT2D eigenvalue weighted by molar-refractivity contribution is 9.10. The van der Waals surface area contributed by atoms with E-state index in [4.69, 9.17) is 4.42 Å². The quantitative estimate of drug-likeness (QED) is 0.501. The zero-order valence-electron chi connectivity index (χ0n) is 13.8. The van der Waals surface area contributed by atoms with E-state index in [0.29, 0.717) is 10.7 Å². The van der Waals surface area contributed by atoms with Crippen LogP contribution in [0.15, 0.2) is 33.2 Å². The summed E-state index contributed by atoms with van der Waals surface area (Å²) in [6.45, 7) is 0.908. The van der Waals surface area contributed by atoms with Crippen molar-refractivity contribution in [1.29, 1.82) is 0 Å². The molecule has 0 saturated heterocycles. The Bertz CT molecular complexity index is 849. The third-order valence-corrected chi connectivity index (χ3v) is 4.56. The van der Waals surface area contributed by atoms with Gasteiger partial charge in [0.1, 0.15) is 18.1 Å². The Hall–Kier alpha value is -2.36. The number of hydrogen-bond acceptors (Lipinski definition) is 4. The van der Waals surface area contributed by atoms with Crippen molar-refractivity contribution in [2.24, 2.45) is 0 Å². The number of amides is 1. The fourth-order valence-electron chi connectivity index (χ4n) is 2.50. The lowest BCUT2D eigenvalue weighted by Crippen LogP contribution is -2.38. The number of hydrogen-bond donors (Lipinski definition) is 0. The number of nitro benzene ring substituents is 1. The summed E-state index contributed by atoms with van der Waals surface area (Å²) in [5.74, 6) is -0.417. The van der Waals surface area contributed by atoms with Crippen LogP contribution in [0.5, 0.6) is 0 Å². The summed E-state index contributed by atoms with van der Waals surface area (Å²) < 4.78 is 44.5. The average molecular weight is 435 g/mol. The van der Waals surface area contributed by atoms with Crippen molar-refractivity contribution in [2.75, 3.05) is 6.54 Å². The molecule has 2 rings (SSSR count). The number of nitro groups is 1. The van der Waals surface area contributed by atoms with E-state index in [1.807, 2.05) is 0 Å². The van der Waals surface area contributed by atoms with E-state index in [2.05, 4.69) is 15.9 Å². The van der Waals surface area contributed by atoms with Gasteiger partial charge < -0.3 is 9.32 Å². The van der Waals surface area contributed by atoms with Gasteiger partial charge in [-0.2, -0.15) is 13.2 Å². The Morgan fingerprint density at radius 2 is 1.88 bits per heavy atom. The Labute approximate surface area is 154 Å². The Kier molecular flexibility index (Phi) is 5.74. The minimum atomic E-state index is -4.67. The van der Waals surface area contributed by atoms with Gasteiger partial charge in [0, 0.05) is 11.6 Å². The van der Waals surface area contributed by atoms with Crippen molar-refractivity contribution in [2.45, 2.75) is 26.6 Å². The molecule has 1 amide bonds. The molecule has 0 aliphatic carbocycles. The zero-order valence-corrected chi connectivity index (χ0v) is 15.3. The molecule has 0 saturated carbocycles. The van der Waals surface area contributed by atoms with E-state index < -0.39 is 30.1 Å². The lowest BCUT2D eigenvalue weighted by atomic mass is 10.1. The largest absolute Gasteiger partial charge is 0.465 e. The molecule has 2 aromatic rings. The van der Waals surface area contributed by atoms with Crippen LogP contribution in [-0.2, 0) is 6.54 Å². The summed E-state index contributed by atoms with van der Waals surface area (Å²) in [6.07, 6.45) is -4.67. The Morgan fingerprint density at radius 1 is 1.27 bits per heavy atom. The molecule has 0 unspecified atom stereocenters. The average Bonchev–Trinajstić information content (AvgIpc) is 2.77. The lowest BCUT2D eigenvalue weighted by Gasteiger charge is -2.24. The molecule has 26 heavy (non-hydrogen) atoms. The fraction of sp³-hybridized carbons (Fsp3) is 0.312. The highest BCUT2D eigenvalue weighted by atomic mass is 79.9. The van der Waals surface area contributed by atoms with E-state index in [-0.39, 0.29) is 27.0 Å². The molecular weight excluding hydrogens is 421 g/mol. The molecule has 1 aromatic carbocycles. The summed E-state index contributed by atoms with van der Waals surface area (Å²) in [5, 5.41) is 11.1. The number of nitrogens with zero attached hydrogens (tertiary/aromatic N) is 2. The SMILES string of the molecule is Cc1oc(C)c(C(=O)N(Cc2ccccc2[N+](=O)[O-])CC(F)(F)F)c1Br. The van der Waals surface area contributed by atoms with E-state index >= 15 is 0 Å². The van der Waals surface area contributed by atoms with Crippen molar-refractivity contribution in [3.8, 4) is 0 Å². The molecule has 6 nitrogen and oxygen atoms in total. The number of benzene rings is 1. The molecule has 0 fully saturated rings. The summed E-state index contributed by atoms with van der Waals surface area (Å²) in [4.78, 5) is 23.6. The topological polar surface area (TPSA) is 76.6 Å². The van der Waals surface area contributed by atoms with E-state index in [9.17, 15) is 28.1 Å². The van der Waals surface area contributed by atoms with E-state index in [1.165, 1.54) is 31.2 Å². The molecule has 10 heteroatoms. The molecule has 0 radical (unpaired) electrons. The van der Waals surface area contributed by atoms with Gasteiger partial charge in [-0.1, -0.05) is 18.2 Å².